The average molecular weight is 250 g/mol. The number of H-pyrrole nitrogens is 1. The summed E-state index contributed by atoms with van der Waals surface area (Å²) in [6, 6.07) is 15.1. The molecule has 0 atom stereocenters. The van der Waals surface area contributed by atoms with E-state index in [4.69, 9.17) is 5.73 Å². The zero-order valence-electron chi connectivity index (χ0n) is 10.6. The largest absolute Gasteiger partial charge is 0.398 e. The third-order valence-electron chi connectivity index (χ3n) is 3.38. The molecule has 0 aliphatic heterocycles. The molecule has 1 heterocycles. The molecule has 94 valence electrons. The molecule has 3 nitrogen and oxygen atoms in total. The monoisotopic (exact) mass is 250 g/mol. The number of nitrogen functional groups attached to an aromatic ring is 1. The van der Waals surface area contributed by atoms with Crippen LogP contribution in [0.25, 0.3) is 22.2 Å². The number of fused-ring (bicyclic) bond motifs is 1. The molecule has 0 aliphatic carbocycles. The van der Waals surface area contributed by atoms with E-state index in [0.29, 0.717) is 16.6 Å². The highest BCUT2D eigenvalue weighted by atomic mass is 16.1. The Balaban J connectivity index is 2.40. The number of pyridine rings is 1. The van der Waals surface area contributed by atoms with Crippen LogP contribution in [0.3, 0.4) is 0 Å². The van der Waals surface area contributed by atoms with Crippen LogP contribution in [0.2, 0.25) is 0 Å². The molecule has 3 heteroatoms. The van der Waals surface area contributed by atoms with Gasteiger partial charge in [-0.3, -0.25) is 4.79 Å². The Morgan fingerprint density at radius 1 is 1.00 bits per heavy atom. The molecule has 0 amide bonds. The van der Waals surface area contributed by atoms with Crippen molar-refractivity contribution in [3.63, 3.8) is 0 Å². The summed E-state index contributed by atoms with van der Waals surface area (Å²) in [5.41, 5.74) is 9.88. The van der Waals surface area contributed by atoms with Crippen LogP contribution in [0.1, 0.15) is 5.56 Å². The molecule has 0 unspecified atom stereocenters. The van der Waals surface area contributed by atoms with Crippen molar-refractivity contribution in [3.8, 4) is 11.3 Å². The fraction of sp³-hybridized carbons (Fsp3) is 0.0625. The van der Waals surface area contributed by atoms with Gasteiger partial charge >= 0.3 is 0 Å². The number of nitrogens with one attached hydrogen (secondary N) is 1. The second-order valence-corrected chi connectivity index (χ2v) is 4.59. The predicted octanol–water partition coefficient (Wildman–Crippen LogP) is 3.09. The summed E-state index contributed by atoms with van der Waals surface area (Å²) in [4.78, 5) is 15.7. The van der Waals surface area contributed by atoms with Crippen LogP contribution in [-0.4, -0.2) is 4.98 Å². The van der Waals surface area contributed by atoms with Crippen molar-refractivity contribution >= 4 is 16.6 Å². The third kappa shape index (κ3) is 1.80. The molecule has 0 fully saturated rings. The Labute approximate surface area is 110 Å². The molecule has 0 aliphatic rings. The van der Waals surface area contributed by atoms with E-state index in [1.54, 1.807) is 0 Å². The molecule has 1 aromatic heterocycles. The number of anilines is 1. The van der Waals surface area contributed by atoms with Gasteiger partial charge in [-0.2, -0.15) is 0 Å². The van der Waals surface area contributed by atoms with Gasteiger partial charge in [-0.15, -0.1) is 0 Å². The highest BCUT2D eigenvalue weighted by Gasteiger charge is 2.11. The first-order valence-corrected chi connectivity index (χ1v) is 6.15. The van der Waals surface area contributed by atoms with E-state index in [1.165, 1.54) is 0 Å². The number of benzene rings is 2. The fourth-order valence-electron chi connectivity index (χ4n) is 2.33. The molecule has 3 rings (SSSR count). The van der Waals surface area contributed by atoms with E-state index in [0.717, 1.165) is 16.8 Å². The summed E-state index contributed by atoms with van der Waals surface area (Å²) in [6.07, 6.45) is 0. The number of rotatable bonds is 1. The zero-order chi connectivity index (χ0) is 13.4. The maximum Gasteiger partial charge on any atom is 0.192 e. The summed E-state index contributed by atoms with van der Waals surface area (Å²) in [7, 11) is 0. The Bertz CT molecular complexity index is 818. The van der Waals surface area contributed by atoms with Gasteiger partial charge in [0.2, 0.25) is 0 Å². The highest BCUT2D eigenvalue weighted by Crippen LogP contribution is 2.26. The van der Waals surface area contributed by atoms with E-state index in [1.807, 2.05) is 55.5 Å². The van der Waals surface area contributed by atoms with Crippen molar-refractivity contribution in [2.75, 3.05) is 5.73 Å². The minimum atomic E-state index is 0.0487. The van der Waals surface area contributed by atoms with Gasteiger partial charge in [-0.05, 0) is 25.1 Å². The fourth-order valence-corrected chi connectivity index (χ4v) is 2.33. The number of hydrogen-bond acceptors (Lipinski definition) is 2. The Morgan fingerprint density at radius 2 is 1.68 bits per heavy atom. The van der Waals surface area contributed by atoms with E-state index in [9.17, 15) is 4.79 Å². The maximum absolute atomic E-state index is 12.4. The van der Waals surface area contributed by atoms with E-state index < -0.39 is 0 Å². The first kappa shape index (κ1) is 11.5. The van der Waals surface area contributed by atoms with Crippen LogP contribution in [0.15, 0.2) is 53.3 Å². The summed E-state index contributed by atoms with van der Waals surface area (Å²) in [5.74, 6) is 0. The van der Waals surface area contributed by atoms with Gasteiger partial charge in [-0.25, -0.2) is 0 Å². The average Bonchev–Trinajstić information content (AvgIpc) is 2.44. The van der Waals surface area contributed by atoms with Crippen molar-refractivity contribution < 1.29 is 0 Å². The summed E-state index contributed by atoms with van der Waals surface area (Å²) >= 11 is 0. The van der Waals surface area contributed by atoms with Gasteiger partial charge in [0.05, 0.1) is 5.69 Å². The predicted molar refractivity (Wildman–Crippen MR) is 79.2 cm³/mol. The summed E-state index contributed by atoms with van der Waals surface area (Å²) in [5, 5.41) is 0.707. The van der Waals surface area contributed by atoms with Crippen molar-refractivity contribution in [3.05, 3.63) is 64.3 Å². The van der Waals surface area contributed by atoms with Crippen molar-refractivity contribution in [2.24, 2.45) is 0 Å². The molecular weight excluding hydrogens is 236 g/mol. The lowest BCUT2D eigenvalue weighted by atomic mass is 10.0. The van der Waals surface area contributed by atoms with Gasteiger partial charge in [0.1, 0.15) is 0 Å². The van der Waals surface area contributed by atoms with Crippen LogP contribution < -0.4 is 11.2 Å². The molecule has 19 heavy (non-hydrogen) atoms. The Morgan fingerprint density at radius 3 is 2.47 bits per heavy atom. The first-order valence-electron chi connectivity index (χ1n) is 6.15. The Hall–Kier alpha value is -2.55. The van der Waals surface area contributed by atoms with Crippen LogP contribution in [-0.2, 0) is 0 Å². The van der Waals surface area contributed by atoms with Gasteiger partial charge in [-0.1, -0.05) is 30.3 Å². The van der Waals surface area contributed by atoms with Gasteiger partial charge < -0.3 is 10.7 Å². The lowest BCUT2D eigenvalue weighted by molar-refractivity contribution is 1.30. The number of para-hydroxylation sites is 2. The third-order valence-corrected chi connectivity index (χ3v) is 3.38. The molecular formula is C16H14N2O. The van der Waals surface area contributed by atoms with Crippen LogP contribution in [0.4, 0.5) is 5.69 Å². The lowest BCUT2D eigenvalue weighted by Crippen LogP contribution is -2.09. The van der Waals surface area contributed by atoms with Crippen molar-refractivity contribution in [1.29, 1.82) is 0 Å². The molecule has 0 spiro atoms. The lowest BCUT2D eigenvalue weighted by Gasteiger charge is -2.10. The summed E-state index contributed by atoms with van der Waals surface area (Å²) in [6.45, 7) is 1.83. The van der Waals surface area contributed by atoms with Gasteiger partial charge in [0.15, 0.2) is 5.43 Å². The molecule has 0 saturated carbocycles. The highest BCUT2D eigenvalue weighted by molar-refractivity contribution is 5.85. The van der Waals surface area contributed by atoms with Crippen LogP contribution >= 0.6 is 0 Å². The molecule has 0 bridgehead atoms. The normalized spacial score (nSPS) is 10.8. The molecule has 0 radical (unpaired) electrons. The number of hydrogen-bond donors (Lipinski definition) is 2. The van der Waals surface area contributed by atoms with Crippen LogP contribution in [0.5, 0.6) is 0 Å². The maximum atomic E-state index is 12.4. The number of aromatic amines is 1. The quantitative estimate of drug-likeness (QED) is 0.652. The Kier molecular flexibility index (Phi) is 2.60. The SMILES string of the molecule is Cc1c(-c2ccccc2N)[nH]c2ccccc2c1=O. The van der Waals surface area contributed by atoms with Crippen molar-refractivity contribution in [1.82, 2.24) is 4.98 Å². The smallest absolute Gasteiger partial charge is 0.192 e. The van der Waals surface area contributed by atoms with E-state index in [-0.39, 0.29) is 5.43 Å². The van der Waals surface area contributed by atoms with Gasteiger partial charge in [0, 0.05) is 27.7 Å². The summed E-state index contributed by atoms with van der Waals surface area (Å²) < 4.78 is 0. The second-order valence-electron chi connectivity index (χ2n) is 4.59. The topological polar surface area (TPSA) is 58.9 Å². The molecule has 3 aromatic rings. The minimum Gasteiger partial charge on any atom is -0.398 e. The first-order chi connectivity index (χ1) is 9.18. The second kappa shape index (κ2) is 4.28. The van der Waals surface area contributed by atoms with Gasteiger partial charge in [0.25, 0.3) is 0 Å². The number of aromatic nitrogens is 1. The molecule has 3 N–H and O–H groups in total. The van der Waals surface area contributed by atoms with E-state index in [2.05, 4.69) is 4.98 Å². The van der Waals surface area contributed by atoms with E-state index >= 15 is 0 Å². The minimum absolute atomic E-state index is 0.0487. The zero-order valence-corrected chi connectivity index (χ0v) is 10.6. The standard InChI is InChI=1S/C16H14N2O/c1-10-15(11-6-2-4-8-13(11)17)18-14-9-5-3-7-12(14)16(10)19/h2-9H,17H2,1H3,(H,18,19). The van der Waals surface area contributed by atoms with Crippen LogP contribution in [0, 0.1) is 6.92 Å². The van der Waals surface area contributed by atoms with Crippen molar-refractivity contribution in [2.45, 2.75) is 6.92 Å². The molecule has 2 aromatic carbocycles. The molecule has 0 saturated heterocycles. The number of nitrogens with two attached hydrogens (primary N) is 1.